The summed E-state index contributed by atoms with van der Waals surface area (Å²) in [7, 11) is -1.95. The Hall–Kier alpha value is -4.51. The largest absolute Gasteiger partial charge is 0.467 e. The zero-order valence-corrected chi connectivity index (χ0v) is 38.1. The second-order valence-electron chi connectivity index (χ2n) is 19.2. The van der Waals surface area contributed by atoms with E-state index in [4.69, 9.17) is 38.1 Å². The SMILES string of the molecule is CC(C)CC(C)(C)OC(=O)N(C)Cc1ccc(C2=NCCCC(c3nc(N4CC5CCC(OS(C)(=O)=O)C5C4)cnc3N(C(=O)OC(C)(C)C)C(=O)OC(C)(C)C)O2)cc1. The maximum atomic E-state index is 13.9. The first-order chi connectivity index (χ1) is 27.8. The fraction of sp³-hybridized carbons (Fsp3) is 0.674. The van der Waals surface area contributed by atoms with Crippen LogP contribution in [0.2, 0.25) is 0 Å². The number of rotatable bonds is 11. The second-order valence-corrected chi connectivity index (χ2v) is 20.8. The number of hydrogen-bond donors (Lipinski definition) is 0. The molecule has 60 heavy (non-hydrogen) atoms. The van der Waals surface area contributed by atoms with E-state index in [2.05, 4.69) is 13.8 Å². The summed E-state index contributed by atoms with van der Waals surface area (Å²) >= 11 is 0. The smallest absolute Gasteiger partial charge is 0.425 e. The molecule has 2 aromatic rings. The van der Waals surface area contributed by atoms with Crippen LogP contribution < -0.4 is 9.80 Å². The first-order valence-corrected chi connectivity index (χ1v) is 22.6. The third-order valence-corrected chi connectivity index (χ3v) is 10.8. The fourth-order valence-corrected chi connectivity index (χ4v) is 8.70. The van der Waals surface area contributed by atoms with Gasteiger partial charge in [0.1, 0.15) is 34.4 Å². The van der Waals surface area contributed by atoms with Gasteiger partial charge in [0.15, 0.2) is 5.82 Å². The highest BCUT2D eigenvalue weighted by Crippen LogP contribution is 2.42. The average molecular weight is 857 g/mol. The van der Waals surface area contributed by atoms with Crippen molar-refractivity contribution in [1.82, 2.24) is 14.9 Å². The second kappa shape index (κ2) is 18.2. The molecule has 0 bridgehead atoms. The predicted octanol–water partition coefficient (Wildman–Crippen LogP) is 8.04. The molecule has 0 N–H and O–H groups in total. The molecule has 3 aliphatic rings. The van der Waals surface area contributed by atoms with Crippen LogP contribution in [0, 0.1) is 17.8 Å². The van der Waals surface area contributed by atoms with Gasteiger partial charge in [0.05, 0.1) is 18.6 Å². The molecule has 0 radical (unpaired) electrons. The Balaban J connectivity index is 1.47. The molecule has 4 unspecified atom stereocenters. The Bertz CT molecular complexity index is 1980. The maximum Gasteiger partial charge on any atom is 0.425 e. The van der Waals surface area contributed by atoms with E-state index < -0.39 is 57.4 Å². The predicted molar refractivity (Wildman–Crippen MR) is 228 cm³/mol. The summed E-state index contributed by atoms with van der Waals surface area (Å²) in [6.07, 6.45) is 2.10. The van der Waals surface area contributed by atoms with E-state index in [0.717, 1.165) is 29.6 Å². The summed E-state index contributed by atoms with van der Waals surface area (Å²) in [4.78, 5) is 59.7. The van der Waals surface area contributed by atoms with Crippen molar-refractivity contribution in [3.63, 3.8) is 0 Å². The molecule has 1 saturated heterocycles. The van der Waals surface area contributed by atoms with Crippen molar-refractivity contribution in [2.45, 2.75) is 137 Å². The van der Waals surface area contributed by atoms with Crippen LogP contribution in [0.1, 0.15) is 124 Å². The molecule has 1 saturated carbocycles. The van der Waals surface area contributed by atoms with Crippen LogP contribution in [0.4, 0.5) is 26.0 Å². The molecule has 3 heterocycles. The molecule has 5 rings (SSSR count). The highest BCUT2D eigenvalue weighted by atomic mass is 32.2. The normalized spacial score (nSPS) is 21.1. The third kappa shape index (κ3) is 12.8. The van der Waals surface area contributed by atoms with Crippen molar-refractivity contribution < 1.29 is 45.9 Å². The van der Waals surface area contributed by atoms with Crippen LogP contribution in [-0.2, 0) is 39.8 Å². The zero-order chi connectivity index (χ0) is 44.4. The van der Waals surface area contributed by atoms with Crippen LogP contribution >= 0.6 is 0 Å². The number of anilines is 2. The van der Waals surface area contributed by atoms with Crippen LogP contribution in [0.5, 0.6) is 0 Å². The molecule has 3 amide bonds. The fourth-order valence-electron chi connectivity index (χ4n) is 8.01. The minimum Gasteiger partial charge on any atom is -0.467 e. The number of ether oxygens (including phenoxy) is 4. The van der Waals surface area contributed by atoms with Gasteiger partial charge >= 0.3 is 18.3 Å². The van der Waals surface area contributed by atoms with Crippen LogP contribution in [0.3, 0.4) is 0 Å². The Morgan fingerprint density at radius 2 is 1.53 bits per heavy atom. The van der Waals surface area contributed by atoms with E-state index >= 15 is 0 Å². The zero-order valence-electron chi connectivity index (χ0n) is 37.3. The summed E-state index contributed by atoms with van der Waals surface area (Å²) in [5.41, 5.74) is -0.769. The number of aliphatic imine (C=N–C) groups is 1. The number of hydrogen-bond acceptors (Lipinski definition) is 14. The van der Waals surface area contributed by atoms with Gasteiger partial charge in [0.2, 0.25) is 5.90 Å². The number of benzene rings is 1. The van der Waals surface area contributed by atoms with Crippen molar-refractivity contribution in [3.05, 3.63) is 47.3 Å². The summed E-state index contributed by atoms with van der Waals surface area (Å²) in [6.45, 7) is 20.0. The minimum atomic E-state index is -3.65. The van der Waals surface area contributed by atoms with Crippen molar-refractivity contribution in [2.75, 3.05) is 42.7 Å². The quantitative estimate of drug-likeness (QED) is 0.157. The lowest BCUT2D eigenvalue weighted by atomic mass is 9.96. The topological polar surface area (TPSA) is 179 Å². The van der Waals surface area contributed by atoms with Crippen molar-refractivity contribution in [1.29, 1.82) is 0 Å². The maximum absolute atomic E-state index is 13.9. The Morgan fingerprint density at radius 1 is 0.900 bits per heavy atom. The molecule has 1 aliphatic carbocycles. The summed E-state index contributed by atoms with van der Waals surface area (Å²) in [6, 6.07) is 7.53. The van der Waals surface area contributed by atoms with E-state index in [1.54, 1.807) is 48.6 Å². The molecule has 0 spiro atoms. The lowest BCUT2D eigenvalue weighted by Crippen LogP contribution is -2.45. The van der Waals surface area contributed by atoms with Gasteiger partial charge in [0.25, 0.3) is 10.1 Å². The lowest BCUT2D eigenvalue weighted by molar-refractivity contribution is 0.00420. The summed E-state index contributed by atoms with van der Waals surface area (Å²) < 4.78 is 53.5. The third-order valence-electron chi connectivity index (χ3n) is 10.2. The number of carbonyl (C=O) groups excluding carboxylic acids is 3. The summed E-state index contributed by atoms with van der Waals surface area (Å²) in [5.74, 6) is 1.22. The van der Waals surface area contributed by atoms with Crippen LogP contribution in [0.25, 0.3) is 0 Å². The van der Waals surface area contributed by atoms with E-state index in [9.17, 15) is 22.8 Å². The van der Waals surface area contributed by atoms with Gasteiger partial charge in [-0.05, 0) is 117 Å². The first-order valence-electron chi connectivity index (χ1n) is 20.8. The number of imide groups is 1. The van der Waals surface area contributed by atoms with Gasteiger partial charge in [-0.25, -0.2) is 24.4 Å². The molecular weight excluding hydrogens is 793 g/mol. The number of carbonyl (C=O) groups is 3. The van der Waals surface area contributed by atoms with Crippen LogP contribution in [-0.4, -0.2) is 103 Å². The number of nitrogens with zero attached hydrogens (tertiary/aromatic N) is 6. The Kier molecular flexibility index (Phi) is 14.1. The van der Waals surface area contributed by atoms with E-state index in [1.807, 2.05) is 43.0 Å². The Labute approximate surface area is 355 Å². The molecule has 332 valence electrons. The number of aromatic nitrogens is 2. The molecule has 1 aromatic heterocycles. The van der Waals surface area contributed by atoms with Crippen molar-refractivity contribution in [2.24, 2.45) is 22.7 Å². The minimum absolute atomic E-state index is 0.0392. The Morgan fingerprint density at radius 3 is 2.12 bits per heavy atom. The van der Waals surface area contributed by atoms with Gasteiger partial charge < -0.3 is 28.7 Å². The molecule has 4 atom stereocenters. The number of fused-ring (bicyclic) bond motifs is 1. The highest BCUT2D eigenvalue weighted by Gasteiger charge is 2.46. The van der Waals surface area contributed by atoms with E-state index in [1.165, 1.54) is 11.1 Å². The standard InChI is InChI=1S/C43H64N6O10S/c1-27(2)22-43(9,10)58-38(50)47(11)24-28-15-17-29(18-16-28)37-44-21-13-14-33(55-37)35-36(49(39(51)56-41(3,4)5)40(52)57-42(6,7)8)45-23-34(46-35)48-25-30-19-20-32(31(30)26-48)59-60(12,53)54/h15-18,23,27,30-33H,13-14,19-22,24-26H2,1-12H3. The molecule has 1 aromatic carbocycles. The van der Waals surface area contributed by atoms with E-state index in [0.29, 0.717) is 68.6 Å². The summed E-state index contributed by atoms with van der Waals surface area (Å²) in [5, 5.41) is 0. The highest BCUT2D eigenvalue weighted by molar-refractivity contribution is 7.86. The van der Waals surface area contributed by atoms with Gasteiger partial charge in [-0.2, -0.15) is 13.3 Å². The lowest BCUT2D eigenvalue weighted by Gasteiger charge is -2.30. The van der Waals surface area contributed by atoms with Gasteiger partial charge in [-0.15, -0.1) is 0 Å². The van der Waals surface area contributed by atoms with Gasteiger partial charge in [-0.1, -0.05) is 26.0 Å². The molecule has 17 heteroatoms. The van der Waals surface area contributed by atoms with E-state index in [-0.39, 0.29) is 23.3 Å². The average Bonchev–Trinajstić information content (AvgIpc) is 3.58. The number of amides is 3. The molecule has 2 aliphatic heterocycles. The molecular formula is C43H64N6O10S. The van der Waals surface area contributed by atoms with Crippen LogP contribution in [0.15, 0.2) is 35.5 Å². The van der Waals surface area contributed by atoms with Gasteiger partial charge in [0, 0.05) is 44.7 Å². The molecule has 2 fully saturated rings. The first kappa shape index (κ1) is 46.6. The molecule has 16 nitrogen and oxygen atoms in total. The monoisotopic (exact) mass is 856 g/mol. The van der Waals surface area contributed by atoms with Crippen molar-refractivity contribution >= 4 is 45.9 Å². The van der Waals surface area contributed by atoms with Crippen molar-refractivity contribution in [3.8, 4) is 0 Å². The van der Waals surface area contributed by atoms with Gasteiger partial charge in [-0.3, -0.25) is 9.18 Å².